The number of fused-ring (bicyclic) bond motifs is 1. The van der Waals surface area contributed by atoms with Crippen LogP contribution in [0.2, 0.25) is 0 Å². The lowest BCUT2D eigenvalue weighted by molar-refractivity contribution is -0.127. The molecule has 7 heteroatoms. The van der Waals surface area contributed by atoms with Crippen LogP contribution in [0.5, 0.6) is 0 Å². The maximum atomic E-state index is 12.3. The molecule has 7 nitrogen and oxygen atoms in total. The van der Waals surface area contributed by atoms with Crippen LogP contribution in [0, 0.1) is 11.8 Å². The fourth-order valence-corrected chi connectivity index (χ4v) is 3.10. The highest BCUT2D eigenvalue weighted by Crippen LogP contribution is 2.18. The molecule has 0 saturated carbocycles. The topological polar surface area (TPSA) is 71.6 Å². The second-order valence-electron chi connectivity index (χ2n) is 7.29. The predicted octanol–water partition coefficient (Wildman–Crippen LogP) is 1.33. The Kier molecular flexibility index (Phi) is 5.22. The number of hydrogen-bond acceptors (Lipinski definition) is 4. The van der Waals surface area contributed by atoms with E-state index in [2.05, 4.69) is 29.2 Å². The second kappa shape index (κ2) is 7.39. The summed E-state index contributed by atoms with van der Waals surface area (Å²) in [5.41, 5.74) is 0.533. The lowest BCUT2D eigenvalue weighted by Gasteiger charge is -2.31. The zero-order chi connectivity index (χ0) is 18.0. The number of rotatable bonds is 5. The summed E-state index contributed by atoms with van der Waals surface area (Å²) in [5, 5.41) is 7.48. The highest BCUT2D eigenvalue weighted by atomic mass is 16.2. The molecule has 1 aliphatic heterocycles. The number of aromatic nitrogens is 3. The molecule has 3 heterocycles. The number of nitrogens with zero attached hydrogens (tertiary/aromatic N) is 4. The van der Waals surface area contributed by atoms with E-state index in [0.29, 0.717) is 18.2 Å². The molecule has 1 aliphatic rings. The van der Waals surface area contributed by atoms with Crippen LogP contribution in [0.1, 0.15) is 33.6 Å². The third kappa shape index (κ3) is 3.92. The van der Waals surface area contributed by atoms with Crippen molar-refractivity contribution in [3.05, 3.63) is 34.9 Å². The Labute approximate surface area is 147 Å². The number of nitrogens with one attached hydrogen (secondary N) is 1. The largest absolute Gasteiger partial charge is 0.353 e. The Morgan fingerprint density at radius 2 is 2.00 bits per heavy atom. The van der Waals surface area contributed by atoms with Crippen LogP contribution in [0.3, 0.4) is 0 Å². The molecular formula is C18H27N5O2. The van der Waals surface area contributed by atoms with E-state index in [4.69, 9.17) is 0 Å². The van der Waals surface area contributed by atoms with Gasteiger partial charge in [0.25, 0.3) is 0 Å². The van der Waals surface area contributed by atoms with Gasteiger partial charge in [-0.05, 0) is 37.8 Å². The SMILES string of the molecule is CC(C)C(C)NC(=O)C1CCN(Cn2nc3ccccn3c2=O)CC1. The number of hydrogen-bond donors (Lipinski definition) is 1. The highest BCUT2D eigenvalue weighted by molar-refractivity contribution is 5.79. The molecule has 136 valence electrons. The maximum Gasteiger partial charge on any atom is 0.351 e. The molecule has 1 N–H and O–H groups in total. The van der Waals surface area contributed by atoms with Crippen molar-refractivity contribution in [1.29, 1.82) is 0 Å². The van der Waals surface area contributed by atoms with Crippen molar-refractivity contribution in [1.82, 2.24) is 24.4 Å². The number of amides is 1. The van der Waals surface area contributed by atoms with Crippen LogP contribution < -0.4 is 11.0 Å². The van der Waals surface area contributed by atoms with E-state index >= 15 is 0 Å². The van der Waals surface area contributed by atoms with Gasteiger partial charge in [0, 0.05) is 31.2 Å². The van der Waals surface area contributed by atoms with Gasteiger partial charge in [0.1, 0.15) is 0 Å². The Balaban J connectivity index is 1.56. The van der Waals surface area contributed by atoms with Gasteiger partial charge in [-0.3, -0.25) is 14.1 Å². The van der Waals surface area contributed by atoms with E-state index in [0.717, 1.165) is 25.9 Å². The summed E-state index contributed by atoms with van der Waals surface area (Å²) < 4.78 is 3.05. The summed E-state index contributed by atoms with van der Waals surface area (Å²) in [5.74, 6) is 0.659. The predicted molar refractivity (Wildman–Crippen MR) is 96.2 cm³/mol. The minimum atomic E-state index is -0.124. The van der Waals surface area contributed by atoms with Crippen molar-refractivity contribution in [2.45, 2.75) is 46.3 Å². The first kappa shape index (κ1) is 17.7. The molecule has 0 aliphatic carbocycles. The number of pyridine rings is 1. The normalized spacial score (nSPS) is 17.9. The average Bonchev–Trinajstić information content (AvgIpc) is 2.91. The summed E-state index contributed by atoms with van der Waals surface area (Å²) in [6.07, 6.45) is 3.37. The van der Waals surface area contributed by atoms with E-state index in [1.54, 1.807) is 10.6 Å². The van der Waals surface area contributed by atoms with Gasteiger partial charge in [0.2, 0.25) is 5.91 Å². The van der Waals surface area contributed by atoms with Gasteiger partial charge < -0.3 is 5.32 Å². The molecule has 25 heavy (non-hydrogen) atoms. The molecule has 0 bridgehead atoms. The van der Waals surface area contributed by atoms with Gasteiger partial charge >= 0.3 is 5.69 Å². The van der Waals surface area contributed by atoms with Gasteiger partial charge in [0.15, 0.2) is 5.65 Å². The quantitative estimate of drug-likeness (QED) is 0.887. The Morgan fingerprint density at radius 1 is 1.28 bits per heavy atom. The zero-order valence-electron chi connectivity index (χ0n) is 15.2. The first-order valence-corrected chi connectivity index (χ1v) is 9.02. The average molecular weight is 345 g/mol. The summed E-state index contributed by atoms with van der Waals surface area (Å²) in [7, 11) is 0. The van der Waals surface area contributed by atoms with E-state index in [-0.39, 0.29) is 23.6 Å². The molecule has 1 amide bonds. The number of likely N-dealkylation sites (tertiary alicyclic amines) is 1. The van der Waals surface area contributed by atoms with Crippen molar-refractivity contribution in [3.63, 3.8) is 0 Å². The fourth-order valence-electron chi connectivity index (χ4n) is 3.10. The van der Waals surface area contributed by atoms with Crippen LogP contribution in [-0.4, -0.2) is 44.1 Å². The van der Waals surface area contributed by atoms with Crippen LogP contribution >= 0.6 is 0 Å². The Bertz CT molecular complexity index is 786. The van der Waals surface area contributed by atoms with Crippen LogP contribution in [0.4, 0.5) is 0 Å². The smallest absolute Gasteiger partial charge is 0.351 e. The monoisotopic (exact) mass is 345 g/mol. The van der Waals surface area contributed by atoms with Crippen LogP contribution in [0.15, 0.2) is 29.2 Å². The molecule has 1 atom stereocenters. The Morgan fingerprint density at radius 3 is 2.64 bits per heavy atom. The first-order valence-electron chi connectivity index (χ1n) is 9.02. The van der Waals surface area contributed by atoms with Crippen molar-refractivity contribution in [2.24, 2.45) is 11.8 Å². The first-order chi connectivity index (χ1) is 12.0. The van der Waals surface area contributed by atoms with E-state index < -0.39 is 0 Å². The van der Waals surface area contributed by atoms with Gasteiger partial charge in [0.05, 0.1) is 6.67 Å². The summed E-state index contributed by atoms with van der Waals surface area (Å²) in [4.78, 5) is 26.9. The van der Waals surface area contributed by atoms with Gasteiger partial charge in [-0.1, -0.05) is 19.9 Å². The van der Waals surface area contributed by atoms with E-state index in [1.807, 2.05) is 25.1 Å². The molecule has 2 aromatic heterocycles. The molecule has 0 spiro atoms. The van der Waals surface area contributed by atoms with Crippen LogP contribution in [-0.2, 0) is 11.5 Å². The van der Waals surface area contributed by atoms with Gasteiger partial charge in [-0.2, -0.15) is 4.68 Å². The summed E-state index contributed by atoms with van der Waals surface area (Å²) >= 11 is 0. The number of piperidine rings is 1. The van der Waals surface area contributed by atoms with E-state index in [9.17, 15) is 9.59 Å². The Hall–Kier alpha value is -2.15. The zero-order valence-corrected chi connectivity index (χ0v) is 15.2. The minimum Gasteiger partial charge on any atom is -0.353 e. The van der Waals surface area contributed by atoms with Crippen molar-refractivity contribution >= 4 is 11.6 Å². The fraction of sp³-hybridized carbons (Fsp3) is 0.611. The molecule has 0 radical (unpaired) electrons. The molecule has 0 aromatic carbocycles. The van der Waals surface area contributed by atoms with Crippen LogP contribution in [0.25, 0.3) is 5.65 Å². The third-order valence-corrected chi connectivity index (χ3v) is 5.15. The molecule has 3 rings (SSSR count). The molecular weight excluding hydrogens is 318 g/mol. The summed E-state index contributed by atoms with van der Waals surface area (Å²) in [6.45, 7) is 8.34. The molecule has 2 aromatic rings. The van der Waals surface area contributed by atoms with Crippen molar-refractivity contribution < 1.29 is 4.79 Å². The number of carbonyl (C=O) groups excluding carboxylic acids is 1. The van der Waals surface area contributed by atoms with Gasteiger partial charge in [-0.15, -0.1) is 5.10 Å². The van der Waals surface area contributed by atoms with E-state index in [1.165, 1.54) is 4.68 Å². The lowest BCUT2D eigenvalue weighted by atomic mass is 9.95. The maximum absolute atomic E-state index is 12.3. The second-order valence-corrected chi connectivity index (χ2v) is 7.29. The van der Waals surface area contributed by atoms with Gasteiger partial charge in [-0.25, -0.2) is 4.79 Å². The third-order valence-electron chi connectivity index (χ3n) is 5.15. The number of carbonyl (C=O) groups is 1. The standard InChI is InChI=1S/C18H27N5O2/c1-13(2)14(3)19-17(24)15-7-10-21(11-8-15)12-23-18(25)22-9-5-4-6-16(22)20-23/h4-6,9,13-15H,7-8,10-12H2,1-3H3,(H,19,24). The molecule has 1 unspecified atom stereocenters. The van der Waals surface area contributed by atoms with Crippen molar-refractivity contribution in [2.75, 3.05) is 13.1 Å². The summed E-state index contributed by atoms with van der Waals surface area (Å²) in [6, 6.07) is 5.71. The van der Waals surface area contributed by atoms with Crippen molar-refractivity contribution in [3.8, 4) is 0 Å². The lowest BCUT2D eigenvalue weighted by Crippen LogP contribution is -2.45. The minimum absolute atomic E-state index is 0.0650. The molecule has 1 saturated heterocycles. The highest BCUT2D eigenvalue weighted by Gasteiger charge is 2.26. The molecule has 1 fully saturated rings.